The van der Waals surface area contributed by atoms with Gasteiger partial charge in [-0.05, 0) is 25.1 Å². The van der Waals surface area contributed by atoms with Gasteiger partial charge in [-0.1, -0.05) is 18.2 Å². The molecule has 5 nitrogen and oxygen atoms in total. The highest BCUT2D eigenvalue weighted by Gasteiger charge is 1.96. The molecule has 1 rings (SSSR count). The van der Waals surface area contributed by atoms with Crippen LogP contribution in [0.2, 0.25) is 0 Å². The molecule has 3 N–H and O–H groups in total. The fraction of sp³-hybridized carbons (Fsp3) is 0.167. The molecule has 0 fully saturated rings. The molecule has 0 aliphatic rings. The lowest BCUT2D eigenvalue weighted by Crippen LogP contribution is -2.25. The number of hydrogen-bond acceptors (Lipinski definition) is 3. The van der Waals surface area contributed by atoms with Gasteiger partial charge in [0.1, 0.15) is 5.75 Å². The Morgan fingerprint density at radius 1 is 1.47 bits per heavy atom. The van der Waals surface area contributed by atoms with Gasteiger partial charge in [-0.25, -0.2) is 10.2 Å². The van der Waals surface area contributed by atoms with Crippen LogP contribution in [0.15, 0.2) is 35.4 Å². The van der Waals surface area contributed by atoms with Crippen LogP contribution in [-0.4, -0.2) is 18.9 Å². The van der Waals surface area contributed by atoms with E-state index in [1.54, 1.807) is 20.1 Å². The summed E-state index contributed by atoms with van der Waals surface area (Å²) in [5, 5.41) is 3.76. The summed E-state index contributed by atoms with van der Waals surface area (Å²) in [6.45, 7) is 1.75. The van der Waals surface area contributed by atoms with Crippen molar-refractivity contribution in [1.29, 1.82) is 0 Å². The van der Waals surface area contributed by atoms with Crippen molar-refractivity contribution in [3.63, 3.8) is 0 Å². The molecular formula is C12H15N3O2. The summed E-state index contributed by atoms with van der Waals surface area (Å²) in [6.07, 6.45) is 3.61. The number of allylic oxidation sites excluding steroid dienone is 1. The zero-order valence-corrected chi connectivity index (χ0v) is 9.81. The minimum Gasteiger partial charge on any atom is -0.496 e. The summed E-state index contributed by atoms with van der Waals surface area (Å²) in [6, 6.07) is 6.91. The Balaban J connectivity index is 2.76. The summed E-state index contributed by atoms with van der Waals surface area (Å²) in [5.74, 6) is 0.777. The van der Waals surface area contributed by atoms with Crippen LogP contribution in [0.1, 0.15) is 12.5 Å². The monoisotopic (exact) mass is 233 g/mol. The van der Waals surface area contributed by atoms with Crippen LogP contribution in [0.25, 0.3) is 6.08 Å². The molecule has 0 saturated carbocycles. The third-order valence-corrected chi connectivity index (χ3v) is 1.99. The van der Waals surface area contributed by atoms with Gasteiger partial charge < -0.3 is 10.5 Å². The smallest absolute Gasteiger partial charge is 0.332 e. The van der Waals surface area contributed by atoms with Crippen LogP contribution >= 0.6 is 0 Å². The molecule has 0 radical (unpaired) electrons. The predicted molar refractivity (Wildman–Crippen MR) is 67.9 cm³/mol. The van der Waals surface area contributed by atoms with Crippen LogP contribution in [0.3, 0.4) is 0 Å². The van der Waals surface area contributed by atoms with Gasteiger partial charge in [0.2, 0.25) is 0 Å². The van der Waals surface area contributed by atoms with Crippen LogP contribution in [0, 0.1) is 0 Å². The van der Waals surface area contributed by atoms with E-state index in [1.807, 2.05) is 30.3 Å². The summed E-state index contributed by atoms with van der Waals surface area (Å²) in [4.78, 5) is 10.4. The maximum absolute atomic E-state index is 10.4. The van der Waals surface area contributed by atoms with Gasteiger partial charge in [0.15, 0.2) is 0 Å². The van der Waals surface area contributed by atoms with E-state index in [2.05, 4.69) is 10.5 Å². The van der Waals surface area contributed by atoms with Crippen LogP contribution in [0.5, 0.6) is 5.75 Å². The molecule has 0 bridgehead atoms. The van der Waals surface area contributed by atoms with Crippen LogP contribution in [0.4, 0.5) is 4.79 Å². The van der Waals surface area contributed by atoms with Gasteiger partial charge in [0.05, 0.1) is 12.8 Å². The first-order valence-corrected chi connectivity index (χ1v) is 5.04. The molecule has 17 heavy (non-hydrogen) atoms. The standard InChI is InChI=1S/C12H15N3O2/c1-9(14-15-12(13)16)7-8-10-5-3-4-6-11(10)17-2/h3-8H,1-2H3,(H3,13,15,16)/b8-7+,14-9-. The molecule has 0 aromatic heterocycles. The number of ether oxygens (including phenoxy) is 1. The average molecular weight is 233 g/mol. The molecule has 0 atom stereocenters. The van der Waals surface area contributed by atoms with Crippen LogP contribution < -0.4 is 15.9 Å². The number of nitrogens with two attached hydrogens (primary N) is 1. The maximum Gasteiger partial charge on any atom is 0.332 e. The zero-order valence-electron chi connectivity index (χ0n) is 9.81. The molecule has 0 heterocycles. The van der Waals surface area contributed by atoms with E-state index >= 15 is 0 Å². The first kappa shape index (κ1) is 12.8. The van der Waals surface area contributed by atoms with E-state index in [9.17, 15) is 4.79 Å². The lowest BCUT2D eigenvalue weighted by atomic mass is 10.2. The first-order valence-electron chi connectivity index (χ1n) is 5.04. The minimum atomic E-state index is -0.685. The summed E-state index contributed by atoms with van der Waals surface area (Å²) in [7, 11) is 1.61. The maximum atomic E-state index is 10.4. The lowest BCUT2D eigenvalue weighted by Gasteiger charge is -2.03. The van der Waals surface area contributed by atoms with Crippen molar-refractivity contribution < 1.29 is 9.53 Å². The molecule has 0 unspecified atom stereocenters. The second kappa shape index (κ2) is 6.32. The highest BCUT2D eigenvalue weighted by Crippen LogP contribution is 2.18. The van der Waals surface area contributed by atoms with Crippen LogP contribution in [-0.2, 0) is 0 Å². The number of rotatable bonds is 4. The Labute approximate surface area is 100.0 Å². The molecule has 2 amide bonds. The third kappa shape index (κ3) is 4.38. The van der Waals surface area contributed by atoms with Crippen molar-refractivity contribution in [2.45, 2.75) is 6.92 Å². The fourth-order valence-corrected chi connectivity index (χ4v) is 1.20. The number of para-hydroxylation sites is 1. The molecule has 0 aliphatic carbocycles. The topological polar surface area (TPSA) is 76.7 Å². The number of carbonyl (C=O) groups is 1. The van der Waals surface area contributed by atoms with E-state index in [0.717, 1.165) is 11.3 Å². The highest BCUT2D eigenvalue weighted by molar-refractivity contribution is 5.97. The average Bonchev–Trinajstić information content (AvgIpc) is 2.34. The van der Waals surface area contributed by atoms with Crippen molar-refractivity contribution >= 4 is 17.8 Å². The van der Waals surface area contributed by atoms with Crippen molar-refractivity contribution in [2.75, 3.05) is 7.11 Å². The Morgan fingerprint density at radius 2 is 2.18 bits per heavy atom. The molecule has 0 spiro atoms. The molecule has 1 aromatic carbocycles. The number of nitrogens with one attached hydrogen (secondary N) is 1. The molecular weight excluding hydrogens is 218 g/mol. The minimum absolute atomic E-state index is 0.634. The molecule has 1 aromatic rings. The number of urea groups is 1. The van der Waals surface area contributed by atoms with E-state index in [-0.39, 0.29) is 0 Å². The molecule has 0 aliphatic heterocycles. The molecule has 5 heteroatoms. The predicted octanol–water partition coefficient (Wildman–Crippen LogP) is 1.75. The lowest BCUT2D eigenvalue weighted by molar-refractivity contribution is 0.249. The Morgan fingerprint density at radius 3 is 2.82 bits per heavy atom. The number of nitrogens with zero attached hydrogens (tertiary/aromatic N) is 1. The van der Waals surface area contributed by atoms with Crippen molar-refractivity contribution in [3.8, 4) is 5.75 Å². The fourth-order valence-electron chi connectivity index (χ4n) is 1.20. The van der Waals surface area contributed by atoms with Gasteiger partial charge in [-0.2, -0.15) is 5.10 Å². The number of amides is 2. The summed E-state index contributed by atoms with van der Waals surface area (Å²) < 4.78 is 5.19. The van der Waals surface area contributed by atoms with Crippen molar-refractivity contribution in [2.24, 2.45) is 10.8 Å². The molecule has 90 valence electrons. The van der Waals surface area contributed by atoms with Crippen molar-refractivity contribution in [3.05, 3.63) is 35.9 Å². The number of methoxy groups -OCH3 is 1. The summed E-state index contributed by atoms with van der Waals surface area (Å²) in [5.41, 5.74) is 8.61. The second-order valence-corrected chi connectivity index (χ2v) is 3.30. The zero-order chi connectivity index (χ0) is 12.7. The Kier molecular flexibility index (Phi) is 4.75. The molecule has 0 saturated heterocycles. The van der Waals surface area contributed by atoms with E-state index < -0.39 is 6.03 Å². The quantitative estimate of drug-likeness (QED) is 0.614. The number of primary amides is 1. The van der Waals surface area contributed by atoms with E-state index in [0.29, 0.717) is 5.71 Å². The third-order valence-electron chi connectivity index (χ3n) is 1.99. The number of hydrogen-bond donors (Lipinski definition) is 2. The normalized spacial score (nSPS) is 11.5. The largest absolute Gasteiger partial charge is 0.496 e. The van der Waals surface area contributed by atoms with Gasteiger partial charge in [0.25, 0.3) is 0 Å². The van der Waals surface area contributed by atoms with Gasteiger partial charge in [-0.15, -0.1) is 0 Å². The second-order valence-electron chi connectivity index (χ2n) is 3.30. The number of hydrazone groups is 1. The first-order chi connectivity index (χ1) is 8.13. The van der Waals surface area contributed by atoms with E-state index in [4.69, 9.17) is 10.5 Å². The Hall–Kier alpha value is -2.30. The highest BCUT2D eigenvalue weighted by atomic mass is 16.5. The number of carbonyl (C=O) groups excluding carboxylic acids is 1. The van der Waals surface area contributed by atoms with Crippen molar-refractivity contribution in [1.82, 2.24) is 5.43 Å². The SMILES string of the molecule is COc1ccccc1/C=C/C(C)=N\NC(N)=O. The summed E-state index contributed by atoms with van der Waals surface area (Å²) >= 11 is 0. The van der Waals surface area contributed by atoms with Gasteiger partial charge >= 0.3 is 6.03 Å². The Bertz CT molecular complexity index is 453. The number of benzene rings is 1. The van der Waals surface area contributed by atoms with Gasteiger partial charge in [0, 0.05) is 5.56 Å². The van der Waals surface area contributed by atoms with Gasteiger partial charge in [-0.3, -0.25) is 0 Å². The van der Waals surface area contributed by atoms with E-state index in [1.165, 1.54) is 0 Å².